The molecule has 0 saturated carbocycles. The zero-order chi connectivity index (χ0) is 12.7. The molecule has 0 aliphatic heterocycles. The quantitative estimate of drug-likeness (QED) is 0.865. The first-order chi connectivity index (χ1) is 8.11. The molecule has 0 spiro atoms. The largest absolute Gasteiger partial charge is 0.447 e. The Hall–Kier alpha value is -1.51. The second kappa shape index (κ2) is 8.56. The average Bonchev–Trinajstić information content (AvgIpc) is 2.28. The number of ether oxygens (including phenoxy) is 1. The number of carbonyl (C=O) groups is 1. The van der Waals surface area contributed by atoms with Crippen molar-refractivity contribution in [2.24, 2.45) is 0 Å². The van der Waals surface area contributed by atoms with Gasteiger partial charge in [0, 0.05) is 6.04 Å². The Balaban J connectivity index is 0.00000289. The first-order valence-electron chi connectivity index (χ1n) is 6.13. The molecule has 18 heavy (non-hydrogen) atoms. The van der Waals surface area contributed by atoms with Crippen LogP contribution in [0.25, 0.3) is 0 Å². The third kappa shape index (κ3) is 6.28. The summed E-state index contributed by atoms with van der Waals surface area (Å²) in [6, 6.07) is 10.3. The maximum Gasteiger partial charge on any atom is 0.407 e. The summed E-state index contributed by atoms with van der Waals surface area (Å²) < 4.78 is 5.07. The summed E-state index contributed by atoms with van der Waals surface area (Å²) in [5.74, 6) is 0. The lowest BCUT2D eigenvalue weighted by Gasteiger charge is -2.18. The molecule has 0 aliphatic rings. The fourth-order valence-electron chi connectivity index (χ4n) is 1.61. The highest BCUT2D eigenvalue weighted by Gasteiger charge is 2.12. The third-order valence-corrected chi connectivity index (χ3v) is 2.48. The van der Waals surface area contributed by atoms with Crippen LogP contribution in [0.4, 0.5) is 4.79 Å². The zero-order valence-electron chi connectivity index (χ0n) is 10.8. The molecule has 0 fully saturated rings. The van der Waals surface area contributed by atoms with Crippen molar-refractivity contribution in [1.29, 1.82) is 0 Å². The van der Waals surface area contributed by atoms with Crippen LogP contribution >= 0.6 is 0 Å². The number of nitrogens with one attached hydrogen (secondary N) is 1. The van der Waals surface area contributed by atoms with Gasteiger partial charge in [0.2, 0.25) is 0 Å². The Bertz CT molecular complexity index is 336. The van der Waals surface area contributed by atoms with E-state index in [1.165, 1.54) is 5.56 Å². The number of benzene rings is 1. The van der Waals surface area contributed by atoms with Gasteiger partial charge in [-0.3, -0.25) is 0 Å². The molecule has 0 aliphatic carbocycles. The average molecular weight is 251 g/mol. The van der Waals surface area contributed by atoms with Gasteiger partial charge in [0.1, 0.15) is 0 Å². The molecule has 1 atom stereocenters. The first kappa shape index (κ1) is 16.5. The van der Waals surface area contributed by atoms with Crippen LogP contribution in [0.5, 0.6) is 0 Å². The number of alkyl carbamates (subject to hydrolysis) is 1. The van der Waals surface area contributed by atoms with E-state index in [0.29, 0.717) is 0 Å². The summed E-state index contributed by atoms with van der Waals surface area (Å²) in [5.41, 5.74) is 1.23. The van der Waals surface area contributed by atoms with Crippen LogP contribution in [0.2, 0.25) is 0 Å². The monoisotopic (exact) mass is 251 g/mol. The van der Waals surface area contributed by atoms with E-state index in [1.54, 1.807) is 0 Å². The molecule has 1 rings (SSSR count). The zero-order valence-corrected chi connectivity index (χ0v) is 10.8. The highest BCUT2D eigenvalue weighted by molar-refractivity contribution is 5.67. The van der Waals surface area contributed by atoms with E-state index in [0.717, 1.165) is 12.8 Å². The SMILES string of the molecule is C.CCC(Cc1ccccc1)NC(=O)OC(C)C. The van der Waals surface area contributed by atoms with Gasteiger partial charge in [-0.15, -0.1) is 0 Å². The molecule has 102 valence electrons. The molecule has 3 heteroatoms. The van der Waals surface area contributed by atoms with Crippen molar-refractivity contribution in [2.45, 2.75) is 53.2 Å². The van der Waals surface area contributed by atoms with Crippen LogP contribution in [-0.4, -0.2) is 18.2 Å². The van der Waals surface area contributed by atoms with Gasteiger partial charge in [-0.05, 0) is 32.3 Å². The highest BCUT2D eigenvalue weighted by atomic mass is 16.6. The molecule has 1 unspecified atom stereocenters. The van der Waals surface area contributed by atoms with Crippen LogP contribution in [0.1, 0.15) is 40.2 Å². The Labute approximate surface area is 111 Å². The van der Waals surface area contributed by atoms with E-state index in [2.05, 4.69) is 24.4 Å². The molecule has 1 aromatic carbocycles. The van der Waals surface area contributed by atoms with Crippen LogP contribution in [0, 0.1) is 0 Å². The summed E-state index contributed by atoms with van der Waals surface area (Å²) in [5, 5.41) is 2.89. The highest BCUT2D eigenvalue weighted by Crippen LogP contribution is 2.06. The van der Waals surface area contributed by atoms with Gasteiger partial charge in [0.05, 0.1) is 6.10 Å². The van der Waals surface area contributed by atoms with E-state index in [-0.39, 0.29) is 25.7 Å². The van der Waals surface area contributed by atoms with Crippen molar-refractivity contribution in [3.63, 3.8) is 0 Å². The van der Waals surface area contributed by atoms with Crippen LogP contribution < -0.4 is 5.32 Å². The minimum atomic E-state index is -0.331. The molecule has 0 bridgehead atoms. The Morgan fingerprint density at radius 3 is 2.39 bits per heavy atom. The Kier molecular flexibility index (Phi) is 7.84. The van der Waals surface area contributed by atoms with Gasteiger partial charge >= 0.3 is 6.09 Å². The smallest absolute Gasteiger partial charge is 0.407 e. The van der Waals surface area contributed by atoms with Crippen LogP contribution in [-0.2, 0) is 11.2 Å². The minimum absolute atomic E-state index is 0. The lowest BCUT2D eigenvalue weighted by atomic mass is 10.0. The predicted molar refractivity (Wildman–Crippen MR) is 75.7 cm³/mol. The minimum Gasteiger partial charge on any atom is -0.447 e. The molecule has 1 amide bonds. The fourth-order valence-corrected chi connectivity index (χ4v) is 1.61. The number of rotatable bonds is 5. The maximum atomic E-state index is 11.5. The fraction of sp³-hybridized carbons (Fsp3) is 0.533. The molecule has 3 nitrogen and oxygen atoms in total. The van der Waals surface area contributed by atoms with E-state index < -0.39 is 0 Å². The summed E-state index contributed by atoms with van der Waals surface area (Å²) in [4.78, 5) is 11.5. The number of hydrogen-bond donors (Lipinski definition) is 1. The molecule has 1 N–H and O–H groups in total. The lowest BCUT2D eigenvalue weighted by molar-refractivity contribution is 0.112. The topological polar surface area (TPSA) is 38.3 Å². The molecule has 1 aromatic rings. The van der Waals surface area contributed by atoms with E-state index in [1.807, 2.05) is 32.0 Å². The maximum absolute atomic E-state index is 11.5. The van der Waals surface area contributed by atoms with E-state index in [9.17, 15) is 4.79 Å². The Morgan fingerprint density at radius 1 is 1.28 bits per heavy atom. The molecular weight excluding hydrogens is 226 g/mol. The first-order valence-corrected chi connectivity index (χ1v) is 6.13. The van der Waals surface area contributed by atoms with E-state index >= 15 is 0 Å². The lowest BCUT2D eigenvalue weighted by Crippen LogP contribution is -2.37. The van der Waals surface area contributed by atoms with Crippen molar-refractivity contribution in [2.75, 3.05) is 0 Å². The van der Waals surface area contributed by atoms with Crippen LogP contribution in [0.15, 0.2) is 30.3 Å². The van der Waals surface area contributed by atoms with Crippen LogP contribution in [0.3, 0.4) is 0 Å². The normalized spacial score (nSPS) is 11.6. The number of carbonyl (C=O) groups excluding carboxylic acids is 1. The van der Waals surface area contributed by atoms with Gasteiger partial charge in [0.25, 0.3) is 0 Å². The van der Waals surface area contributed by atoms with Gasteiger partial charge in [0.15, 0.2) is 0 Å². The van der Waals surface area contributed by atoms with Gasteiger partial charge < -0.3 is 10.1 Å². The molecule has 0 saturated heterocycles. The summed E-state index contributed by atoms with van der Waals surface area (Å²) in [7, 11) is 0. The summed E-state index contributed by atoms with van der Waals surface area (Å²) in [6.07, 6.45) is 1.32. The third-order valence-electron chi connectivity index (χ3n) is 2.48. The molecule has 0 aromatic heterocycles. The molecular formula is C15H25NO2. The van der Waals surface area contributed by atoms with E-state index in [4.69, 9.17) is 4.74 Å². The summed E-state index contributed by atoms with van der Waals surface area (Å²) in [6.45, 7) is 5.75. The van der Waals surface area contributed by atoms with Crippen molar-refractivity contribution < 1.29 is 9.53 Å². The molecule has 0 radical (unpaired) electrons. The van der Waals surface area contributed by atoms with Crippen molar-refractivity contribution in [3.8, 4) is 0 Å². The second-order valence-corrected chi connectivity index (χ2v) is 4.39. The molecule has 0 heterocycles. The van der Waals surface area contributed by atoms with Crippen molar-refractivity contribution in [3.05, 3.63) is 35.9 Å². The second-order valence-electron chi connectivity index (χ2n) is 4.39. The van der Waals surface area contributed by atoms with Gasteiger partial charge in [-0.25, -0.2) is 4.79 Å². The van der Waals surface area contributed by atoms with Gasteiger partial charge in [-0.1, -0.05) is 44.7 Å². The predicted octanol–water partition coefficient (Wildman–Crippen LogP) is 3.78. The van der Waals surface area contributed by atoms with Crippen molar-refractivity contribution in [1.82, 2.24) is 5.32 Å². The Morgan fingerprint density at radius 2 is 1.89 bits per heavy atom. The summed E-state index contributed by atoms with van der Waals surface area (Å²) >= 11 is 0. The number of amides is 1. The standard InChI is InChI=1S/C14H21NO2.CH4/c1-4-13(15-14(16)17-11(2)3)10-12-8-6-5-7-9-12;/h5-9,11,13H,4,10H2,1-3H3,(H,15,16);1H4. The van der Waals surface area contributed by atoms with Gasteiger partial charge in [-0.2, -0.15) is 0 Å². The number of hydrogen-bond acceptors (Lipinski definition) is 2. The van der Waals surface area contributed by atoms with Crippen molar-refractivity contribution >= 4 is 6.09 Å².